The second kappa shape index (κ2) is 6.21. The summed E-state index contributed by atoms with van der Waals surface area (Å²) in [7, 11) is 0. The standard InChI is InChI=1S/C16H12ClN3O4/c1-9-12(16(22)23)8-18-20(9)11-4-2-3-10(7-11)19-15(21)13-5-6-14(17)24-13/h2-8H,1H3,(H,19,21)(H,22,23). The van der Waals surface area contributed by atoms with Crippen molar-refractivity contribution in [1.82, 2.24) is 9.78 Å². The first-order chi connectivity index (χ1) is 11.5. The lowest BCUT2D eigenvalue weighted by atomic mass is 10.2. The van der Waals surface area contributed by atoms with Crippen LogP contribution in [0.1, 0.15) is 26.6 Å². The van der Waals surface area contributed by atoms with Gasteiger partial charge in [-0.15, -0.1) is 0 Å². The predicted molar refractivity (Wildman–Crippen MR) is 86.9 cm³/mol. The monoisotopic (exact) mass is 345 g/mol. The van der Waals surface area contributed by atoms with E-state index < -0.39 is 11.9 Å². The van der Waals surface area contributed by atoms with Crippen molar-refractivity contribution in [3.05, 3.63) is 64.8 Å². The minimum absolute atomic E-state index is 0.0915. The number of halogens is 1. The summed E-state index contributed by atoms with van der Waals surface area (Å²) in [6.07, 6.45) is 1.29. The molecule has 3 rings (SSSR count). The van der Waals surface area contributed by atoms with Crippen molar-refractivity contribution in [1.29, 1.82) is 0 Å². The first-order valence-electron chi connectivity index (χ1n) is 6.91. The molecule has 3 aromatic rings. The Hall–Kier alpha value is -3.06. The Kier molecular flexibility index (Phi) is 4.09. The van der Waals surface area contributed by atoms with Crippen molar-refractivity contribution in [3.8, 4) is 5.69 Å². The van der Waals surface area contributed by atoms with Crippen molar-refractivity contribution >= 4 is 29.2 Å². The third kappa shape index (κ3) is 3.02. The Bertz CT molecular complexity index is 929. The van der Waals surface area contributed by atoms with Gasteiger partial charge in [0, 0.05) is 5.69 Å². The van der Waals surface area contributed by atoms with E-state index in [1.807, 2.05) is 0 Å². The molecule has 8 heteroatoms. The largest absolute Gasteiger partial charge is 0.478 e. The highest BCUT2D eigenvalue weighted by Gasteiger charge is 2.15. The van der Waals surface area contributed by atoms with Crippen LogP contribution in [0.25, 0.3) is 5.69 Å². The average Bonchev–Trinajstić information content (AvgIpc) is 3.13. The molecule has 2 aromatic heterocycles. The molecule has 0 aliphatic rings. The van der Waals surface area contributed by atoms with E-state index in [9.17, 15) is 9.59 Å². The first kappa shape index (κ1) is 15.8. The fraction of sp³-hybridized carbons (Fsp3) is 0.0625. The molecule has 0 spiro atoms. The highest BCUT2D eigenvalue weighted by molar-refractivity contribution is 6.29. The normalized spacial score (nSPS) is 10.6. The topological polar surface area (TPSA) is 97.4 Å². The van der Waals surface area contributed by atoms with Gasteiger partial charge >= 0.3 is 5.97 Å². The van der Waals surface area contributed by atoms with Crippen LogP contribution in [-0.2, 0) is 0 Å². The number of carbonyl (C=O) groups is 2. The summed E-state index contributed by atoms with van der Waals surface area (Å²) >= 11 is 5.65. The van der Waals surface area contributed by atoms with E-state index in [0.717, 1.165) is 0 Å². The number of rotatable bonds is 4. The van der Waals surface area contributed by atoms with E-state index in [0.29, 0.717) is 17.1 Å². The average molecular weight is 346 g/mol. The number of nitrogens with one attached hydrogen (secondary N) is 1. The van der Waals surface area contributed by atoms with Crippen molar-refractivity contribution in [2.45, 2.75) is 6.92 Å². The van der Waals surface area contributed by atoms with E-state index in [1.54, 1.807) is 31.2 Å². The van der Waals surface area contributed by atoms with Crippen LogP contribution in [0.3, 0.4) is 0 Å². The zero-order valence-corrected chi connectivity index (χ0v) is 13.2. The molecule has 0 radical (unpaired) electrons. The molecule has 0 saturated carbocycles. The summed E-state index contributed by atoms with van der Waals surface area (Å²) in [6.45, 7) is 1.66. The number of anilines is 1. The molecular weight excluding hydrogens is 334 g/mol. The summed E-state index contributed by atoms with van der Waals surface area (Å²) in [5.74, 6) is -1.39. The number of benzene rings is 1. The van der Waals surface area contributed by atoms with Gasteiger partial charge < -0.3 is 14.8 Å². The van der Waals surface area contributed by atoms with Crippen molar-refractivity contribution < 1.29 is 19.1 Å². The smallest absolute Gasteiger partial charge is 0.339 e. The van der Waals surface area contributed by atoms with Gasteiger partial charge in [0.05, 0.1) is 17.6 Å². The van der Waals surface area contributed by atoms with Crippen molar-refractivity contribution in [2.75, 3.05) is 5.32 Å². The maximum absolute atomic E-state index is 12.1. The van der Waals surface area contributed by atoms with Crippen molar-refractivity contribution in [3.63, 3.8) is 0 Å². The van der Waals surface area contributed by atoms with Gasteiger partial charge in [0.2, 0.25) is 0 Å². The number of amides is 1. The van der Waals surface area contributed by atoms with E-state index in [4.69, 9.17) is 21.1 Å². The molecule has 0 atom stereocenters. The SMILES string of the molecule is Cc1c(C(=O)O)cnn1-c1cccc(NC(=O)c2ccc(Cl)o2)c1. The zero-order valence-electron chi connectivity index (χ0n) is 12.5. The first-order valence-corrected chi connectivity index (χ1v) is 7.28. The number of hydrogen-bond acceptors (Lipinski definition) is 4. The van der Waals surface area contributed by atoms with Gasteiger partial charge in [-0.25, -0.2) is 9.48 Å². The lowest BCUT2D eigenvalue weighted by Gasteiger charge is -2.08. The molecule has 1 aromatic carbocycles. The summed E-state index contributed by atoms with van der Waals surface area (Å²) in [5, 5.41) is 16.0. The minimum atomic E-state index is -1.04. The lowest BCUT2D eigenvalue weighted by molar-refractivity contribution is 0.0696. The second-order valence-corrected chi connectivity index (χ2v) is 5.34. The molecule has 0 unspecified atom stereocenters. The van der Waals surface area contributed by atoms with Crippen LogP contribution in [0.5, 0.6) is 0 Å². The van der Waals surface area contributed by atoms with Crippen LogP contribution in [0.2, 0.25) is 5.22 Å². The van der Waals surface area contributed by atoms with Crippen molar-refractivity contribution in [2.24, 2.45) is 0 Å². The molecule has 0 bridgehead atoms. The Morgan fingerprint density at radius 3 is 2.71 bits per heavy atom. The fourth-order valence-corrected chi connectivity index (χ4v) is 2.37. The summed E-state index contributed by atoms with van der Waals surface area (Å²) in [4.78, 5) is 23.2. The number of carbonyl (C=O) groups excluding carboxylic acids is 1. The van der Waals surface area contributed by atoms with Gasteiger partial charge in [-0.05, 0) is 48.9 Å². The van der Waals surface area contributed by atoms with Crippen LogP contribution in [0.15, 0.2) is 47.0 Å². The van der Waals surface area contributed by atoms with Gasteiger partial charge in [0.25, 0.3) is 5.91 Å². The summed E-state index contributed by atoms with van der Waals surface area (Å²) < 4.78 is 6.54. The molecule has 122 valence electrons. The molecule has 7 nitrogen and oxygen atoms in total. The van der Waals surface area contributed by atoms with Gasteiger partial charge in [-0.1, -0.05) is 6.07 Å². The van der Waals surface area contributed by atoms with Crippen LogP contribution in [-0.4, -0.2) is 26.8 Å². The molecule has 0 aliphatic heterocycles. The number of aromatic nitrogens is 2. The number of carboxylic acids is 1. The van der Waals surface area contributed by atoms with Gasteiger partial charge in [-0.3, -0.25) is 4.79 Å². The third-order valence-corrected chi connectivity index (χ3v) is 3.59. The van der Waals surface area contributed by atoms with Crippen LogP contribution < -0.4 is 5.32 Å². The lowest BCUT2D eigenvalue weighted by Crippen LogP contribution is -2.11. The molecule has 2 heterocycles. The third-order valence-electron chi connectivity index (χ3n) is 3.39. The summed E-state index contributed by atoms with van der Waals surface area (Å²) in [6, 6.07) is 9.80. The van der Waals surface area contributed by atoms with E-state index in [1.165, 1.54) is 23.0 Å². The van der Waals surface area contributed by atoms with Gasteiger partial charge in [0.1, 0.15) is 5.56 Å². The second-order valence-electron chi connectivity index (χ2n) is 4.97. The van der Waals surface area contributed by atoms with E-state index in [-0.39, 0.29) is 16.5 Å². The Morgan fingerprint density at radius 1 is 1.29 bits per heavy atom. The molecule has 0 fully saturated rings. The maximum atomic E-state index is 12.1. The Balaban J connectivity index is 1.87. The molecule has 0 saturated heterocycles. The van der Waals surface area contributed by atoms with Crippen LogP contribution in [0.4, 0.5) is 5.69 Å². The highest BCUT2D eigenvalue weighted by Crippen LogP contribution is 2.19. The van der Waals surface area contributed by atoms with Crippen LogP contribution in [0, 0.1) is 6.92 Å². The van der Waals surface area contributed by atoms with E-state index >= 15 is 0 Å². The zero-order chi connectivity index (χ0) is 17.3. The predicted octanol–water partition coefficient (Wildman–Crippen LogP) is 3.38. The van der Waals surface area contributed by atoms with E-state index in [2.05, 4.69) is 10.4 Å². The highest BCUT2D eigenvalue weighted by atomic mass is 35.5. The van der Waals surface area contributed by atoms with Gasteiger partial charge in [-0.2, -0.15) is 5.10 Å². The Morgan fingerprint density at radius 2 is 2.08 bits per heavy atom. The molecule has 24 heavy (non-hydrogen) atoms. The number of hydrogen-bond donors (Lipinski definition) is 2. The molecular formula is C16H12ClN3O4. The number of aromatic carboxylic acids is 1. The fourth-order valence-electron chi connectivity index (χ4n) is 2.22. The van der Waals surface area contributed by atoms with Crippen LogP contribution >= 0.6 is 11.6 Å². The molecule has 2 N–H and O–H groups in total. The quantitative estimate of drug-likeness (QED) is 0.755. The number of carboxylic acid groups (broad SMARTS) is 1. The minimum Gasteiger partial charge on any atom is -0.478 e. The molecule has 1 amide bonds. The number of nitrogens with zero attached hydrogens (tertiary/aromatic N) is 2. The number of furan rings is 1. The molecule has 0 aliphatic carbocycles. The summed E-state index contributed by atoms with van der Waals surface area (Å²) in [5.41, 5.74) is 1.74. The van der Waals surface area contributed by atoms with Gasteiger partial charge in [0.15, 0.2) is 11.0 Å². The maximum Gasteiger partial charge on any atom is 0.339 e. The Labute approximate surface area is 141 Å².